The highest BCUT2D eigenvalue weighted by Gasteiger charge is 2.17. The van der Waals surface area contributed by atoms with Gasteiger partial charge in [0.2, 0.25) is 0 Å². The minimum Gasteiger partial charge on any atom is -0.477 e. The highest BCUT2D eigenvalue weighted by molar-refractivity contribution is 5.93. The number of aryl methyl sites for hydroxylation is 4. The fourth-order valence-electron chi connectivity index (χ4n) is 7.31. The number of carbonyl (C=O) groups is 2. The Balaban J connectivity index is 1.20. The summed E-state index contributed by atoms with van der Waals surface area (Å²) in [5.41, 5.74) is 13.9. The molecule has 0 amide bonds. The second-order valence-corrected chi connectivity index (χ2v) is 14.4. The Kier molecular flexibility index (Phi) is 11.2. The van der Waals surface area contributed by atoms with Crippen LogP contribution in [0.4, 0.5) is 4.39 Å². The van der Waals surface area contributed by atoms with E-state index in [0.29, 0.717) is 25.7 Å². The smallest absolute Gasteiger partial charge is 0.354 e. The molecule has 0 unspecified atom stereocenters. The molecule has 288 valence electrons. The van der Waals surface area contributed by atoms with Crippen LogP contribution in [0.25, 0.3) is 55.8 Å². The van der Waals surface area contributed by atoms with E-state index in [4.69, 9.17) is 4.98 Å². The van der Waals surface area contributed by atoms with Crippen LogP contribution in [-0.4, -0.2) is 37.1 Å². The third-order valence-corrected chi connectivity index (χ3v) is 10.4. The first-order valence-corrected chi connectivity index (χ1v) is 19.3. The number of carboxylic acid groups (broad SMARTS) is 2. The zero-order chi connectivity index (χ0) is 40.7. The zero-order valence-corrected chi connectivity index (χ0v) is 31.9. The number of rotatable bonds is 13. The summed E-state index contributed by atoms with van der Waals surface area (Å²) in [5, 5.41) is 18.7. The summed E-state index contributed by atoms with van der Waals surface area (Å²) >= 11 is 0. The minimum absolute atomic E-state index is 0.00668. The molecule has 8 rings (SSSR count). The average Bonchev–Trinajstić information content (AvgIpc) is 3.28. The molecule has 8 heteroatoms. The predicted molar refractivity (Wildman–Crippen MR) is 229 cm³/mol. The lowest BCUT2D eigenvalue weighted by Gasteiger charge is -2.18. The standard InChI is InChI=1S/C51H38FN3O4/c52-42-22-20-40(21-23-42)49-29-45(39-18-16-38(17-19-39)37-6-2-1-3-7-37)46(32-55-49)44-9-5-4-8-43(44)41-27-35(12-10-33-14-24-47(50(56)57)53-30-33)26-36(28-41)13-11-34-15-25-48(51(58)59)54-31-34/h1-9,14-32H,10-13H2,(H,56,57)(H,58,59). The molecule has 59 heavy (non-hydrogen) atoms. The number of carboxylic acids is 2. The molecule has 0 saturated heterocycles. The highest BCUT2D eigenvalue weighted by Crippen LogP contribution is 2.40. The van der Waals surface area contributed by atoms with Gasteiger partial charge < -0.3 is 10.2 Å². The molecular formula is C51H38FN3O4. The Morgan fingerprint density at radius 1 is 0.407 bits per heavy atom. The van der Waals surface area contributed by atoms with Crippen molar-refractivity contribution in [1.82, 2.24) is 15.0 Å². The first-order valence-electron chi connectivity index (χ1n) is 19.3. The van der Waals surface area contributed by atoms with Crippen molar-refractivity contribution >= 4 is 11.9 Å². The quantitative estimate of drug-likeness (QED) is 0.120. The molecule has 0 atom stereocenters. The normalized spacial score (nSPS) is 11.0. The van der Waals surface area contributed by atoms with Crippen molar-refractivity contribution in [3.63, 3.8) is 0 Å². The fourth-order valence-corrected chi connectivity index (χ4v) is 7.31. The molecule has 0 aliphatic rings. The van der Waals surface area contributed by atoms with Crippen molar-refractivity contribution in [2.24, 2.45) is 0 Å². The van der Waals surface area contributed by atoms with Gasteiger partial charge in [-0.1, -0.05) is 109 Å². The summed E-state index contributed by atoms with van der Waals surface area (Å²) in [6.45, 7) is 0. The van der Waals surface area contributed by atoms with Crippen LogP contribution < -0.4 is 0 Å². The molecule has 7 nitrogen and oxygen atoms in total. The van der Waals surface area contributed by atoms with Gasteiger partial charge in [-0.05, 0) is 129 Å². The van der Waals surface area contributed by atoms with Gasteiger partial charge in [0.15, 0.2) is 0 Å². The zero-order valence-electron chi connectivity index (χ0n) is 31.9. The minimum atomic E-state index is -1.06. The molecule has 0 saturated carbocycles. The van der Waals surface area contributed by atoms with Crippen molar-refractivity contribution in [2.45, 2.75) is 25.7 Å². The molecule has 0 spiro atoms. The van der Waals surface area contributed by atoms with E-state index in [0.717, 1.165) is 78.0 Å². The van der Waals surface area contributed by atoms with Gasteiger partial charge in [-0.25, -0.2) is 23.9 Å². The maximum atomic E-state index is 14.0. The molecule has 0 radical (unpaired) electrons. The Morgan fingerprint density at radius 2 is 0.915 bits per heavy atom. The Bertz CT molecular complexity index is 2670. The molecular weight excluding hydrogens is 738 g/mol. The van der Waals surface area contributed by atoms with Crippen molar-refractivity contribution in [3.8, 4) is 55.8 Å². The molecule has 0 aliphatic heterocycles. The topological polar surface area (TPSA) is 113 Å². The Labute approximate surface area is 341 Å². The van der Waals surface area contributed by atoms with Crippen LogP contribution in [0, 0.1) is 5.82 Å². The van der Waals surface area contributed by atoms with Gasteiger partial charge in [-0.15, -0.1) is 0 Å². The lowest BCUT2D eigenvalue weighted by atomic mass is 9.87. The Hall–Kier alpha value is -7.58. The lowest BCUT2D eigenvalue weighted by Crippen LogP contribution is -2.02. The maximum absolute atomic E-state index is 14.0. The van der Waals surface area contributed by atoms with Gasteiger partial charge in [-0.2, -0.15) is 0 Å². The molecule has 8 aromatic rings. The van der Waals surface area contributed by atoms with E-state index in [1.807, 2.05) is 36.5 Å². The van der Waals surface area contributed by atoms with Gasteiger partial charge in [0, 0.05) is 29.7 Å². The predicted octanol–water partition coefficient (Wildman–Crippen LogP) is 11.3. The van der Waals surface area contributed by atoms with E-state index in [9.17, 15) is 24.2 Å². The second kappa shape index (κ2) is 17.3. The van der Waals surface area contributed by atoms with Crippen LogP contribution in [0.3, 0.4) is 0 Å². The Morgan fingerprint density at radius 3 is 1.47 bits per heavy atom. The lowest BCUT2D eigenvalue weighted by molar-refractivity contribution is 0.0680. The van der Waals surface area contributed by atoms with E-state index < -0.39 is 11.9 Å². The summed E-state index contributed by atoms with van der Waals surface area (Å²) < 4.78 is 14.0. The summed E-state index contributed by atoms with van der Waals surface area (Å²) in [7, 11) is 0. The number of halogens is 1. The molecule has 0 fully saturated rings. The maximum Gasteiger partial charge on any atom is 0.354 e. The number of pyridine rings is 3. The van der Waals surface area contributed by atoms with Gasteiger partial charge in [0.25, 0.3) is 0 Å². The SMILES string of the molecule is O=C(O)c1ccc(CCc2cc(CCc3ccc(C(=O)O)nc3)cc(-c3ccccc3-c3cnc(-c4ccc(F)cc4)cc3-c3ccc(-c4ccccc4)cc3)c2)cn1. The summed E-state index contributed by atoms with van der Waals surface area (Å²) in [5.74, 6) is -2.43. The number of nitrogens with zero attached hydrogens (tertiary/aromatic N) is 3. The first kappa shape index (κ1) is 38.3. The van der Waals surface area contributed by atoms with Crippen LogP contribution >= 0.6 is 0 Å². The van der Waals surface area contributed by atoms with Crippen LogP contribution in [0.2, 0.25) is 0 Å². The van der Waals surface area contributed by atoms with Gasteiger partial charge in [-0.3, -0.25) is 4.98 Å². The van der Waals surface area contributed by atoms with E-state index in [-0.39, 0.29) is 17.2 Å². The third kappa shape index (κ3) is 9.03. The summed E-state index contributed by atoms with van der Waals surface area (Å²) in [6, 6.07) is 48.8. The van der Waals surface area contributed by atoms with E-state index in [1.54, 1.807) is 36.7 Å². The largest absolute Gasteiger partial charge is 0.477 e. The molecule has 2 N–H and O–H groups in total. The van der Waals surface area contributed by atoms with Crippen LogP contribution in [0.5, 0.6) is 0 Å². The third-order valence-electron chi connectivity index (χ3n) is 10.4. The summed E-state index contributed by atoms with van der Waals surface area (Å²) in [6.07, 6.45) is 7.86. The van der Waals surface area contributed by atoms with Crippen molar-refractivity contribution < 1.29 is 24.2 Å². The van der Waals surface area contributed by atoms with E-state index in [1.165, 1.54) is 24.3 Å². The number of hydrogen-bond donors (Lipinski definition) is 2. The molecule has 3 aromatic heterocycles. The monoisotopic (exact) mass is 775 g/mol. The van der Waals surface area contributed by atoms with Crippen LogP contribution in [-0.2, 0) is 25.7 Å². The van der Waals surface area contributed by atoms with Crippen molar-refractivity contribution in [1.29, 1.82) is 0 Å². The van der Waals surface area contributed by atoms with Gasteiger partial charge in [0.05, 0.1) is 5.69 Å². The highest BCUT2D eigenvalue weighted by atomic mass is 19.1. The molecule has 5 aromatic carbocycles. The number of hydrogen-bond acceptors (Lipinski definition) is 5. The fraction of sp³-hybridized carbons (Fsp3) is 0.0784. The van der Waals surface area contributed by atoms with Crippen LogP contribution in [0.15, 0.2) is 170 Å². The first-order chi connectivity index (χ1) is 28.8. The number of aromatic nitrogens is 3. The van der Waals surface area contributed by atoms with E-state index >= 15 is 0 Å². The molecule has 3 heterocycles. The van der Waals surface area contributed by atoms with Crippen molar-refractivity contribution in [2.75, 3.05) is 0 Å². The van der Waals surface area contributed by atoms with E-state index in [2.05, 4.69) is 82.8 Å². The second-order valence-electron chi connectivity index (χ2n) is 14.4. The van der Waals surface area contributed by atoms with Gasteiger partial charge >= 0.3 is 11.9 Å². The molecule has 0 aliphatic carbocycles. The van der Waals surface area contributed by atoms with Crippen LogP contribution in [0.1, 0.15) is 43.2 Å². The number of aromatic carboxylic acids is 2. The average molecular weight is 776 g/mol. The van der Waals surface area contributed by atoms with Gasteiger partial charge in [0.1, 0.15) is 17.2 Å². The number of benzene rings is 5. The molecule has 0 bridgehead atoms. The van der Waals surface area contributed by atoms with Crippen molar-refractivity contribution in [3.05, 3.63) is 210 Å². The summed E-state index contributed by atoms with van der Waals surface area (Å²) in [4.78, 5) is 35.9.